The fourth-order valence-electron chi connectivity index (χ4n) is 3.48. The molecule has 7 nitrogen and oxygen atoms in total. The zero-order valence-electron chi connectivity index (χ0n) is 16.7. The first-order valence-electron chi connectivity index (χ1n) is 9.32. The molecule has 0 spiro atoms. The first-order valence-corrected chi connectivity index (χ1v) is 10.1. The van der Waals surface area contributed by atoms with E-state index in [1.54, 1.807) is 17.1 Å². The van der Waals surface area contributed by atoms with Crippen molar-refractivity contribution in [1.29, 1.82) is 0 Å². The molecule has 1 atom stereocenters. The second kappa shape index (κ2) is 7.61. The van der Waals surface area contributed by atoms with Gasteiger partial charge in [-0.15, -0.1) is 0 Å². The Morgan fingerprint density at radius 1 is 1.17 bits per heavy atom. The number of H-pyrrole nitrogens is 1. The molecular formula is C20H22ClN7S. The molecule has 9 heteroatoms. The van der Waals surface area contributed by atoms with Gasteiger partial charge in [0.05, 0.1) is 34.8 Å². The quantitative estimate of drug-likeness (QED) is 0.474. The Kier molecular flexibility index (Phi) is 5.14. The highest BCUT2D eigenvalue weighted by atomic mass is 35.5. The summed E-state index contributed by atoms with van der Waals surface area (Å²) in [7, 11) is 0. The van der Waals surface area contributed by atoms with Crippen LogP contribution in [0.3, 0.4) is 0 Å². The Balaban J connectivity index is 1.76. The molecule has 1 aromatic carbocycles. The van der Waals surface area contributed by atoms with Gasteiger partial charge < -0.3 is 0 Å². The van der Waals surface area contributed by atoms with Crippen molar-refractivity contribution in [2.45, 2.75) is 40.3 Å². The molecule has 0 fully saturated rings. The maximum atomic E-state index is 6.04. The molecule has 3 heterocycles. The zero-order chi connectivity index (χ0) is 20.7. The molecule has 0 saturated carbocycles. The third kappa shape index (κ3) is 3.65. The molecule has 0 bridgehead atoms. The van der Waals surface area contributed by atoms with Crippen LogP contribution < -0.4 is 0 Å². The van der Waals surface area contributed by atoms with Crippen molar-refractivity contribution >= 4 is 23.8 Å². The van der Waals surface area contributed by atoms with Gasteiger partial charge in [-0.2, -0.15) is 15.3 Å². The van der Waals surface area contributed by atoms with Gasteiger partial charge in [-0.1, -0.05) is 41.4 Å². The Hall–Kier alpha value is -2.71. The van der Waals surface area contributed by atoms with Crippen molar-refractivity contribution in [3.05, 3.63) is 74.8 Å². The Bertz CT molecular complexity index is 1210. The molecule has 150 valence electrons. The molecule has 0 aliphatic rings. The monoisotopic (exact) mass is 427 g/mol. The van der Waals surface area contributed by atoms with E-state index in [9.17, 15) is 0 Å². The lowest BCUT2D eigenvalue weighted by atomic mass is 10.1. The van der Waals surface area contributed by atoms with Crippen LogP contribution in [0, 0.1) is 25.5 Å². The van der Waals surface area contributed by atoms with Gasteiger partial charge in [-0.3, -0.25) is 19.0 Å². The van der Waals surface area contributed by atoms with Crippen molar-refractivity contribution in [1.82, 2.24) is 34.3 Å². The highest BCUT2D eigenvalue weighted by Crippen LogP contribution is 2.25. The summed E-state index contributed by atoms with van der Waals surface area (Å²) in [4.78, 5) is 0. The van der Waals surface area contributed by atoms with E-state index in [0.29, 0.717) is 16.3 Å². The lowest BCUT2D eigenvalue weighted by Gasteiger charge is -2.14. The van der Waals surface area contributed by atoms with E-state index in [1.807, 2.05) is 23.1 Å². The van der Waals surface area contributed by atoms with Crippen molar-refractivity contribution in [2.24, 2.45) is 0 Å². The SMILES string of the molecule is Cc1ccc(Cn2nc(C)c(-n3c(C(C)n4cc(Cl)cn4)n[nH]c3=S)c2C)cc1. The number of rotatable bonds is 5. The minimum absolute atomic E-state index is 0.158. The third-order valence-corrected chi connectivity index (χ3v) is 5.53. The summed E-state index contributed by atoms with van der Waals surface area (Å²) in [6, 6.07) is 8.33. The summed E-state index contributed by atoms with van der Waals surface area (Å²) in [6.45, 7) is 8.82. The zero-order valence-corrected chi connectivity index (χ0v) is 18.3. The molecule has 4 aromatic rings. The number of aromatic nitrogens is 7. The smallest absolute Gasteiger partial charge is 0.200 e. The number of benzene rings is 1. The summed E-state index contributed by atoms with van der Waals surface area (Å²) >= 11 is 11.6. The lowest BCUT2D eigenvalue weighted by Crippen LogP contribution is -2.14. The van der Waals surface area contributed by atoms with Gasteiger partial charge in [0.15, 0.2) is 10.6 Å². The van der Waals surface area contributed by atoms with E-state index in [-0.39, 0.29) is 6.04 Å². The summed E-state index contributed by atoms with van der Waals surface area (Å²) in [6.07, 6.45) is 3.38. The predicted octanol–water partition coefficient (Wildman–Crippen LogP) is 4.56. The molecule has 0 amide bonds. The molecule has 3 aromatic heterocycles. The van der Waals surface area contributed by atoms with Crippen molar-refractivity contribution in [3.63, 3.8) is 0 Å². The van der Waals surface area contributed by atoms with Gasteiger partial charge in [0.1, 0.15) is 6.04 Å². The van der Waals surface area contributed by atoms with E-state index in [2.05, 4.69) is 53.4 Å². The number of aryl methyl sites for hydroxylation is 2. The molecule has 29 heavy (non-hydrogen) atoms. The van der Waals surface area contributed by atoms with Crippen LogP contribution in [0.5, 0.6) is 0 Å². The molecule has 0 radical (unpaired) electrons. The van der Waals surface area contributed by atoms with E-state index < -0.39 is 0 Å². The number of hydrogen-bond donors (Lipinski definition) is 1. The van der Waals surface area contributed by atoms with Crippen molar-refractivity contribution in [3.8, 4) is 5.69 Å². The Morgan fingerprint density at radius 2 is 1.90 bits per heavy atom. The summed E-state index contributed by atoms with van der Waals surface area (Å²) in [5.74, 6) is 0.746. The highest BCUT2D eigenvalue weighted by Gasteiger charge is 2.23. The molecule has 0 aliphatic heterocycles. The van der Waals surface area contributed by atoms with Crippen LogP contribution in [0.2, 0.25) is 5.02 Å². The van der Waals surface area contributed by atoms with Gasteiger partial charge in [0.2, 0.25) is 0 Å². The number of aromatic amines is 1. The molecular weight excluding hydrogens is 406 g/mol. The third-order valence-electron chi connectivity index (χ3n) is 5.06. The van der Waals surface area contributed by atoms with E-state index in [4.69, 9.17) is 28.9 Å². The maximum Gasteiger partial charge on any atom is 0.200 e. The number of nitrogens with zero attached hydrogens (tertiary/aromatic N) is 6. The summed E-state index contributed by atoms with van der Waals surface area (Å²) < 4.78 is 6.24. The van der Waals surface area contributed by atoms with Crippen LogP contribution in [0.4, 0.5) is 0 Å². The lowest BCUT2D eigenvalue weighted by molar-refractivity contribution is 0.527. The van der Waals surface area contributed by atoms with Gasteiger partial charge in [0.25, 0.3) is 0 Å². The minimum Gasteiger partial charge on any atom is -0.267 e. The average molecular weight is 428 g/mol. The fraction of sp³-hybridized carbons (Fsp3) is 0.300. The Labute approximate surface area is 178 Å². The van der Waals surface area contributed by atoms with Crippen molar-refractivity contribution < 1.29 is 0 Å². The highest BCUT2D eigenvalue weighted by molar-refractivity contribution is 7.71. The standard InChI is InChI=1S/C20H22ClN7S/c1-12-5-7-16(8-6-12)10-27-14(3)18(13(2)25-27)28-19(23-24-20(28)29)15(4)26-11-17(21)9-22-26/h5-9,11,15H,10H2,1-4H3,(H,24,29). The van der Waals surface area contributed by atoms with Crippen LogP contribution in [0.15, 0.2) is 36.7 Å². The molecule has 1 unspecified atom stereocenters. The van der Waals surface area contributed by atoms with E-state index >= 15 is 0 Å². The maximum absolute atomic E-state index is 6.04. The van der Waals surface area contributed by atoms with Crippen molar-refractivity contribution in [2.75, 3.05) is 0 Å². The molecule has 0 aliphatic carbocycles. The first-order chi connectivity index (χ1) is 13.8. The van der Waals surface area contributed by atoms with Gasteiger partial charge in [-0.25, -0.2) is 0 Å². The average Bonchev–Trinajstić information content (AvgIpc) is 3.35. The van der Waals surface area contributed by atoms with Crippen LogP contribution in [-0.2, 0) is 6.54 Å². The topological polar surface area (TPSA) is 69.2 Å². The minimum atomic E-state index is -0.158. The molecule has 0 saturated heterocycles. The number of nitrogens with one attached hydrogen (secondary N) is 1. The van der Waals surface area contributed by atoms with Gasteiger partial charge in [-0.05, 0) is 45.5 Å². The van der Waals surface area contributed by atoms with Crippen LogP contribution in [0.1, 0.15) is 41.3 Å². The molecule has 1 N–H and O–H groups in total. The first kappa shape index (κ1) is 19.6. The fourth-order valence-corrected chi connectivity index (χ4v) is 3.86. The summed E-state index contributed by atoms with van der Waals surface area (Å²) in [5.41, 5.74) is 5.29. The predicted molar refractivity (Wildman–Crippen MR) is 115 cm³/mol. The Morgan fingerprint density at radius 3 is 2.55 bits per heavy atom. The van der Waals surface area contributed by atoms with E-state index in [1.165, 1.54) is 11.1 Å². The second-order valence-corrected chi connectivity index (χ2v) is 8.02. The number of halogens is 1. The normalized spacial score (nSPS) is 12.4. The van der Waals surface area contributed by atoms with Crippen LogP contribution in [-0.4, -0.2) is 34.3 Å². The number of hydrogen-bond acceptors (Lipinski definition) is 4. The van der Waals surface area contributed by atoms with Crippen LogP contribution in [0.25, 0.3) is 5.69 Å². The summed E-state index contributed by atoms with van der Waals surface area (Å²) in [5, 5.41) is 17.0. The van der Waals surface area contributed by atoms with Gasteiger partial charge >= 0.3 is 0 Å². The molecule has 4 rings (SSSR count). The van der Waals surface area contributed by atoms with E-state index in [0.717, 1.165) is 22.9 Å². The second-order valence-electron chi connectivity index (χ2n) is 7.20. The van der Waals surface area contributed by atoms with Gasteiger partial charge in [0, 0.05) is 6.20 Å². The van der Waals surface area contributed by atoms with Crippen LogP contribution >= 0.6 is 23.8 Å². The largest absolute Gasteiger partial charge is 0.267 e.